The Labute approximate surface area is 103 Å². The molecule has 0 aliphatic carbocycles. The van der Waals surface area contributed by atoms with E-state index < -0.39 is 18.3 Å². The predicted molar refractivity (Wildman–Crippen MR) is 60.7 cm³/mol. The van der Waals surface area contributed by atoms with E-state index in [0.29, 0.717) is 0 Å². The van der Waals surface area contributed by atoms with Crippen LogP contribution in [0.4, 0.5) is 19.4 Å². The third-order valence-electron chi connectivity index (χ3n) is 1.56. The maximum atomic E-state index is 12.0. The van der Waals surface area contributed by atoms with Gasteiger partial charge in [-0.1, -0.05) is 6.07 Å². The second-order valence-corrected chi connectivity index (χ2v) is 4.37. The van der Waals surface area contributed by atoms with Gasteiger partial charge in [0.2, 0.25) is 5.88 Å². The molecule has 0 spiro atoms. The van der Waals surface area contributed by atoms with Gasteiger partial charge in [-0.15, -0.1) is 0 Å². The number of hydrogen-bond donors (Lipinski definition) is 1. The van der Waals surface area contributed by atoms with E-state index in [9.17, 15) is 13.6 Å². The minimum Gasteiger partial charge on any atom is -0.444 e. The highest BCUT2D eigenvalue weighted by Gasteiger charge is 2.16. The summed E-state index contributed by atoms with van der Waals surface area (Å²) in [7, 11) is 0. The lowest BCUT2D eigenvalue weighted by Crippen LogP contribution is -2.27. The van der Waals surface area contributed by atoms with Crippen molar-refractivity contribution in [3.05, 3.63) is 18.2 Å². The van der Waals surface area contributed by atoms with Crippen molar-refractivity contribution in [2.45, 2.75) is 33.0 Å². The summed E-state index contributed by atoms with van der Waals surface area (Å²) in [6, 6.07) is 4.12. The first-order valence-electron chi connectivity index (χ1n) is 5.18. The van der Waals surface area contributed by atoms with Crippen LogP contribution in [0.25, 0.3) is 0 Å². The summed E-state index contributed by atoms with van der Waals surface area (Å²) in [6.07, 6.45) is -0.718. The van der Waals surface area contributed by atoms with Crippen LogP contribution in [-0.4, -0.2) is 23.3 Å². The summed E-state index contributed by atoms with van der Waals surface area (Å²) >= 11 is 0. The summed E-state index contributed by atoms with van der Waals surface area (Å²) < 4.78 is 33.0. The van der Waals surface area contributed by atoms with Gasteiger partial charge in [0.05, 0.1) is 0 Å². The molecule has 1 aromatic heterocycles. The van der Waals surface area contributed by atoms with Crippen LogP contribution in [0.5, 0.6) is 5.88 Å². The van der Waals surface area contributed by atoms with Crippen LogP contribution in [0.1, 0.15) is 20.8 Å². The number of pyridine rings is 1. The number of amides is 1. The number of hydrogen-bond acceptors (Lipinski definition) is 4. The Morgan fingerprint density at radius 2 is 2.06 bits per heavy atom. The van der Waals surface area contributed by atoms with Gasteiger partial charge in [-0.2, -0.15) is 13.8 Å². The van der Waals surface area contributed by atoms with Crippen LogP contribution >= 0.6 is 0 Å². The van der Waals surface area contributed by atoms with Crippen molar-refractivity contribution >= 4 is 11.9 Å². The second kappa shape index (κ2) is 5.61. The molecule has 0 fully saturated rings. The number of anilines is 1. The van der Waals surface area contributed by atoms with E-state index in [1.54, 1.807) is 20.8 Å². The van der Waals surface area contributed by atoms with E-state index in [1.807, 2.05) is 0 Å². The average Bonchev–Trinajstić information content (AvgIpc) is 2.13. The smallest absolute Gasteiger partial charge is 0.413 e. The molecule has 0 saturated heterocycles. The Morgan fingerprint density at radius 3 is 2.61 bits per heavy atom. The molecule has 0 radical (unpaired) electrons. The molecule has 0 bridgehead atoms. The molecular formula is C11H14F2N2O3. The fourth-order valence-corrected chi connectivity index (χ4v) is 1.05. The Morgan fingerprint density at radius 1 is 1.39 bits per heavy atom. The third kappa shape index (κ3) is 5.42. The highest BCUT2D eigenvalue weighted by Crippen LogP contribution is 2.15. The molecule has 18 heavy (non-hydrogen) atoms. The molecule has 100 valence electrons. The van der Waals surface area contributed by atoms with Crippen LogP contribution in [0.15, 0.2) is 18.2 Å². The van der Waals surface area contributed by atoms with E-state index in [-0.39, 0.29) is 11.7 Å². The Hall–Kier alpha value is -1.92. The Kier molecular flexibility index (Phi) is 4.41. The van der Waals surface area contributed by atoms with E-state index in [4.69, 9.17) is 4.74 Å². The molecule has 1 N–H and O–H groups in total. The van der Waals surface area contributed by atoms with E-state index in [0.717, 1.165) is 0 Å². The quantitative estimate of drug-likeness (QED) is 0.907. The molecule has 0 unspecified atom stereocenters. The molecule has 5 nitrogen and oxygen atoms in total. The van der Waals surface area contributed by atoms with E-state index in [2.05, 4.69) is 15.0 Å². The van der Waals surface area contributed by atoms with Gasteiger partial charge in [0.1, 0.15) is 11.4 Å². The standard InChI is InChI=1S/C11H14F2N2O3/c1-11(2,3)18-10(16)15-7-5-4-6-8(14-7)17-9(12)13/h4-6,9H,1-3H3,(H,14,15,16). The van der Waals surface area contributed by atoms with Crippen molar-refractivity contribution in [2.75, 3.05) is 5.32 Å². The lowest BCUT2D eigenvalue weighted by molar-refractivity contribution is -0.0527. The number of nitrogens with one attached hydrogen (secondary N) is 1. The number of rotatable bonds is 3. The van der Waals surface area contributed by atoms with Crippen LogP contribution in [0.2, 0.25) is 0 Å². The third-order valence-corrected chi connectivity index (χ3v) is 1.56. The molecule has 1 amide bonds. The average molecular weight is 260 g/mol. The zero-order chi connectivity index (χ0) is 13.8. The topological polar surface area (TPSA) is 60.5 Å². The van der Waals surface area contributed by atoms with Crippen LogP contribution in [-0.2, 0) is 4.74 Å². The predicted octanol–water partition coefficient (Wildman–Crippen LogP) is 3.03. The fourth-order valence-electron chi connectivity index (χ4n) is 1.05. The van der Waals surface area contributed by atoms with Crippen molar-refractivity contribution in [3.8, 4) is 5.88 Å². The number of ether oxygens (including phenoxy) is 2. The van der Waals surface area contributed by atoms with Crippen molar-refractivity contribution in [3.63, 3.8) is 0 Å². The molecule has 0 atom stereocenters. The largest absolute Gasteiger partial charge is 0.444 e. The summed E-state index contributed by atoms with van der Waals surface area (Å²) in [6.45, 7) is 2.15. The molecule has 0 saturated carbocycles. The fraction of sp³-hybridized carbons (Fsp3) is 0.455. The van der Waals surface area contributed by atoms with Crippen molar-refractivity contribution in [1.29, 1.82) is 0 Å². The van der Waals surface area contributed by atoms with Gasteiger partial charge in [-0.05, 0) is 26.8 Å². The first-order chi connectivity index (χ1) is 8.26. The van der Waals surface area contributed by atoms with E-state index in [1.165, 1.54) is 18.2 Å². The van der Waals surface area contributed by atoms with Gasteiger partial charge in [-0.25, -0.2) is 4.79 Å². The second-order valence-electron chi connectivity index (χ2n) is 4.37. The number of carbonyl (C=O) groups is 1. The van der Waals surface area contributed by atoms with Gasteiger partial charge in [0.15, 0.2) is 0 Å². The summed E-state index contributed by atoms with van der Waals surface area (Å²) in [5, 5.41) is 2.31. The van der Waals surface area contributed by atoms with Gasteiger partial charge >= 0.3 is 12.7 Å². The zero-order valence-electron chi connectivity index (χ0n) is 10.2. The first kappa shape index (κ1) is 14.1. The van der Waals surface area contributed by atoms with Gasteiger partial charge in [0.25, 0.3) is 0 Å². The normalized spacial score (nSPS) is 11.2. The number of alkyl halides is 2. The first-order valence-corrected chi connectivity index (χ1v) is 5.18. The zero-order valence-corrected chi connectivity index (χ0v) is 10.2. The van der Waals surface area contributed by atoms with Gasteiger partial charge in [0, 0.05) is 6.07 Å². The number of aromatic nitrogens is 1. The molecule has 1 aromatic rings. The minimum atomic E-state index is -2.96. The molecule has 7 heteroatoms. The Balaban J connectivity index is 2.65. The highest BCUT2D eigenvalue weighted by molar-refractivity contribution is 5.83. The van der Waals surface area contributed by atoms with Crippen LogP contribution in [0.3, 0.4) is 0 Å². The van der Waals surface area contributed by atoms with Crippen molar-refractivity contribution in [1.82, 2.24) is 4.98 Å². The molecule has 0 aliphatic heterocycles. The summed E-state index contributed by atoms with van der Waals surface area (Å²) in [5.41, 5.74) is -0.652. The number of nitrogens with zero attached hydrogens (tertiary/aromatic N) is 1. The van der Waals surface area contributed by atoms with E-state index >= 15 is 0 Å². The molecule has 0 aromatic carbocycles. The van der Waals surface area contributed by atoms with Crippen LogP contribution in [0, 0.1) is 0 Å². The molecule has 1 heterocycles. The van der Waals surface area contributed by atoms with Crippen molar-refractivity contribution < 1.29 is 23.0 Å². The lowest BCUT2D eigenvalue weighted by Gasteiger charge is -2.19. The van der Waals surface area contributed by atoms with Crippen LogP contribution < -0.4 is 10.1 Å². The van der Waals surface area contributed by atoms with Gasteiger partial charge < -0.3 is 9.47 Å². The lowest BCUT2D eigenvalue weighted by atomic mass is 10.2. The summed E-state index contributed by atoms with van der Waals surface area (Å²) in [5.74, 6) is -0.207. The Bertz CT molecular complexity index is 419. The number of halogens is 2. The molecule has 1 rings (SSSR count). The number of carbonyl (C=O) groups excluding carboxylic acids is 1. The summed E-state index contributed by atoms with van der Waals surface area (Å²) in [4.78, 5) is 15.1. The monoisotopic (exact) mass is 260 g/mol. The maximum absolute atomic E-state index is 12.0. The highest BCUT2D eigenvalue weighted by atomic mass is 19.3. The minimum absolute atomic E-state index is 0.0717. The maximum Gasteiger partial charge on any atom is 0.413 e. The van der Waals surface area contributed by atoms with Crippen molar-refractivity contribution in [2.24, 2.45) is 0 Å². The van der Waals surface area contributed by atoms with Gasteiger partial charge in [-0.3, -0.25) is 5.32 Å². The SMILES string of the molecule is CC(C)(C)OC(=O)Nc1cccc(OC(F)F)n1. The molecule has 0 aliphatic rings. The molecular weight excluding hydrogens is 246 g/mol.